The number of carbonyl (C=O) groups is 2. The molecule has 0 aliphatic heterocycles. The van der Waals surface area contributed by atoms with Gasteiger partial charge in [-0.3, -0.25) is 14.9 Å². The van der Waals surface area contributed by atoms with E-state index in [4.69, 9.17) is 0 Å². The second kappa shape index (κ2) is 7.82. The van der Waals surface area contributed by atoms with Crippen LogP contribution in [0.25, 0.3) is 11.0 Å². The van der Waals surface area contributed by atoms with E-state index in [2.05, 4.69) is 15.6 Å². The third-order valence-corrected chi connectivity index (χ3v) is 4.25. The molecule has 0 atom stereocenters. The molecular weight excluding hydrogens is 328 g/mol. The van der Waals surface area contributed by atoms with E-state index in [1.165, 1.54) is 0 Å². The highest BCUT2D eigenvalue weighted by Crippen LogP contribution is 2.19. The van der Waals surface area contributed by atoms with Crippen molar-refractivity contribution in [3.05, 3.63) is 59.7 Å². The number of imidazole rings is 1. The van der Waals surface area contributed by atoms with Crippen molar-refractivity contribution in [2.24, 2.45) is 0 Å². The first kappa shape index (κ1) is 17.7. The predicted molar refractivity (Wildman–Crippen MR) is 102 cm³/mol. The molecule has 0 saturated heterocycles. The lowest BCUT2D eigenvalue weighted by Gasteiger charge is -2.09. The lowest BCUT2D eigenvalue weighted by Crippen LogP contribution is -2.28. The lowest BCUT2D eigenvalue weighted by atomic mass is 10.1. The summed E-state index contributed by atoms with van der Waals surface area (Å²) in [6, 6.07) is 15.1. The topological polar surface area (TPSA) is 76.0 Å². The summed E-state index contributed by atoms with van der Waals surface area (Å²) < 4.78 is 1.96. The van der Waals surface area contributed by atoms with Crippen LogP contribution in [0.3, 0.4) is 0 Å². The largest absolute Gasteiger partial charge is 0.352 e. The number of anilines is 1. The average molecular weight is 350 g/mol. The molecule has 6 nitrogen and oxygen atoms in total. The van der Waals surface area contributed by atoms with Crippen molar-refractivity contribution in [1.29, 1.82) is 0 Å². The summed E-state index contributed by atoms with van der Waals surface area (Å²) in [4.78, 5) is 28.9. The standard InChI is InChI=1S/C20H22N4O2/c1-3-24-17-11-7-6-10-16(17)22-20(24)23-18(25)12-13-21-19(26)15-9-5-4-8-14(15)2/h4-11H,3,12-13H2,1-2H3,(H,21,26)(H,22,23,25). The predicted octanol–water partition coefficient (Wildman–Crippen LogP) is 3.12. The highest BCUT2D eigenvalue weighted by molar-refractivity contribution is 5.96. The molecule has 1 heterocycles. The van der Waals surface area contributed by atoms with Gasteiger partial charge in [-0.15, -0.1) is 0 Å². The molecule has 134 valence electrons. The summed E-state index contributed by atoms with van der Waals surface area (Å²) in [6.07, 6.45) is 0.185. The van der Waals surface area contributed by atoms with Gasteiger partial charge in [0.1, 0.15) is 0 Å². The van der Waals surface area contributed by atoms with Crippen molar-refractivity contribution in [3.8, 4) is 0 Å². The smallest absolute Gasteiger partial charge is 0.251 e. The Kier molecular flexibility index (Phi) is 5.31. The molecule has 2 aromatic carbocycles. The normalized spacial score (nSPS) is 10.7. The van der Waals surface area contributed by atoms with E-state index < -0.39 is 0 Å². The van der Waals surface area contributed by atoms with Crippen LogP contribution in [-0.4, -0.2) is 27.9 Å². The monoisotopic (exact) mass is 350 g/mol. The second-order valence-electron chi connectivity index (χ2n) is 6.04. The minimum absolute atomic E-state index is 0.170. The number of aryl methyl sites for hydroxylation is 2. The van der Waals surface area contributed by atoms with Gasteiger partial charge in [0.05, 0.1) is 11.0 Å². The van der Waals surface area contributed by atoms with E-state index in [9.17, 15) is 9.59 Å². The Morgan fingerprint density at radius 1 is 1.08 bits per heavy atom. The molecule has 3 rings (SSSR count). The van der Waals surface area contributed by atoms with E-state index in [0.29, 0.717) is 18.1 Å². The van der Waals surface area contributed by atoms with Gasteiger partial charge in [-0.05, 0) is 37.6 Å². The molecule has 0 saturated carbocycles. The van der Waals surface area contributed by atoms with E-state index in [1.807, 2.05) is 60.9 Å². The number of nitrogens with one attached hydrogen (secondary N) is 2. The first-order valence-corrected chi connectivity index (χ1v) is 8.69. The van der Waals surface area contributed by atoms with Crippen molar-refractivity contribution in [2.45, 2.75) is 26.8 Å². The highest BCUT2D eigenvalue weighted by Gasteiger charge is 2.13. The van der Waals surface area contributed by atoms with Gasteiger partial charge in [-0.2, -0.15) is 0 Å². The van der Waals surface area contributed by atoms with Gasteiger partial charge in [-0.1, -0.05) is 30.3 Å². The van der Waals surface area contributed by atoms with Crippen LogP contribution in [0.4, 0.5) is 5.95 Å². The van der Waals surface area contributed by atoms with E-state index >= 15 is 0 Å². The number of hydrogen-bond donors (Lipinski definition) is 2. The van der Waals surface area contributed by atoms with Crippen LogP contribution in [0, 0.1) is 6.92 Å². The number of para-hydroxylation sites is 2. The summed E-state index contributed by atoms with van der Waals surface area (Å²) in [5.41, 5.74) is 3.36. The zero-order valence-electron chi connectivity index (χ0n) is 15.0. The van der Waals surface area contributed by atoms with Crippen LogP contribution in [-0.2, 0) is 11.3 Å². The number of rotatable bonds is 6. The fourth-order valence-electron chi connectivity index (χ4n) is 2.89. The Morgan fingerprint density at radius 3 is 2.58 bits per heavy atom. The van der Waals surface area contributed by atoms with Gasteiger partial charge in [0.15, 0.2) is 0 Å². The average Bonchev–Trinajstić information content (AvgIpc) is 2.98. The Morgan fingerprint density at radius 2 is 1.81 bits per heavy atom. The maximum Gasteiger partial charge on any atom is 0.251 e. The summed E-state index contributed by atoms with van der Waals surface area (Å²) in [7, 11) is 0. The van der Waals surface area contributed by atoms with Crippen LogP contribution in [0.5, 0.6) is 0 Å². The van der Waals surface area contributed by atoms with Crippen LogP contribution in [0.15, 0.2) is 48.5 Å². The number of amides is 2. The van der Waals surface area contributed by atoms with Crippen molar-refractivity contribution in [3.63, 3.8) is 0 Å². The summed E-state index contributed by atoms with van der Waals surface area (Å²) in [5.74, 6) is 0.181. The van der Waals surface area contributed by atoms with Gasteiger partial charge in [-0.25, -0.2) is 4.98 Å². The molecule has 0 fully saturated rings. The Hall–Kier alpha value is -3.15. The third-order valence-electron chi connectivity index (χ3n) is 4.25. The number of hydrogen-bond acceptors (Lipinski definition) is 3. The number of carbonyl (C=O) groups excluding carboxylic acids is 2. The maximum absolute atomic E-state index is 12.2. The Bertz CT molecular complexity index is 946. The molecule has 0 unspecified atom stereocenters. The fraction of sp³-hybridized carbons (Fsp3) is 0.250. The van der Waals surface area contributed by atoms with Crippen LogP contribution < -0.4 is 10.6 Å². The Balaban J connectivity index is 1.58. The van der Waals surface area contributed by atoms with Gasteiger partial charge < -0.3 is 9.88 Å². The molecule has 1 aromatic heterocycles. The minimum Gasteiger partial charge on any atom is -0.352 e. The van der Waals surface area contributed by atoms with E-state index in [1.54, 1.807) is 6.07 Å². The molecule has 2 N–H and O–H groups in total. The molecule has 6 heteroatoms. The number of nitrogens with zero attached hydrogens (tertiary/aromatic N) is 2. The molecule has 0 aliphatic rings. The van der Waals surface area contributed by atoms with Crippen molar-refractivity contribution in [1.82, 2.24) is 14.9 Å². The Labute approximate surface area is 152 Å². The summed E-state index contributed by atoms with van der Waals surface area (Å²) in [6.45, 7) is 4.87. The fourth-order valence-corrected chi connectivity index (χ4v) is 2.89. The van der Waals surface area contributed by atoms with E-state index in [0.717, 1.165) is 16.6 Å². The van der Waals surface area contributed by atoms with E-state index in [-0.39, 0.29) is 24.8 Å². The van der Waals surface area contributed by atoms with Gasteiger partial charge in [0, 0.05) is 25.1 Å². The minimum atomic E-state index is -0.180. The van der Waals surface area contributed by atoms with Crippen LogP contribution >= 0.6 is 0 Å². The summed E-state index contributed by atoms with van der Waals surface area (Å²) >= 11 is 0. The van der Waals surface area contributed by atoms with Gasteiger partial charge >= 0.3 is 0 Å². The summed E-state index contributed by atoms with van der Waals surface area (Å²) in [5, 5.41) is 5.62. The molecule has 2 amide bonds. The van der Waals surface area contributed by atoms with Crippen molar-refractivity contribution in [2.75, 3.05) is 11.9 Å². The van der Waals surface area contributed by atoms with Gasteiger partial charge in [0.25, 0.3) is 5.91 Å². The molecule has 0 bridgehead atoms. The lowest BCUT2D eigenvalue weighted by molar-refractivity contribution is -0.116. The molecule has 26 heavy (non-hydrogen) atoms. The van der Waals surface area contributed by atoms with Gasteiger partial charge in [0.2, 0.25) is 11.9 Å². The first-order chi connectivity index (χ1) is 12.6. The second-order valence-corrected chi connectivity index (χ2v) is 6.04. The van der Waals surface area contributed by atoms with Crippen molar-refractivity contribution < 1.29 is 9.59 Å². The zero-order chi connectivity index (χ0) is 18.5. The maximum atomic E-state index is 12.2. The van der Waals surface area contributed by atoms with Crippen molar-refractivity contribution >= 4 is 28.8 Å². The van der Waals surface area contributed by atoms with Crippen LogP contribution in [0.1, 0.15) is 29.3 Å². The zero-order valence-corrected chi connectivity index (χ0v) is 15.0. The molecule has 0 radical (unpaired) electrons. The first-order valence-electron chi connectivity index (χ1n) is 8.69. The SMILES string of the molecule is CCn1c(NC(=O)CCNC(=O)c2ccccc2C)nc2ccccc21. The quantitative estimate of drug-likeness (QED) is 0.717. The number of fused-ring (bicyclic) bond motifs is 1. The van der Waals surface area contributed by atoms with Crippen LogP contribution in [0.2, 0.25) is 0 Å². The number of benzene rings is 2. The highest BCUT2D eigenvalue weighted by atomic mass is 16.2. The third kappa shape index (κ3) is 3.74. The molecule has 0 aliphatic carbocycles. The molecule has 0 spiro atoms. The molecule has 3 aromatic rings. The number of aromatic nitrogens is 2. The molecular formula is C20H22N4O2.